The minimum absolute atomic E-state index is 0.0930. The molecule has 1 unspecified atom stereocenters. The summed E-state index contributed by atoms with van der Waals surface area (Å²) in [6, 6.07) is 3.45. The topological polar surface area (TPSA) is 73.8 Å². The molecule has 0 radical (unpaired) electrons. The van der Waals surface area contributed by atoms with Crippen LogP contribution >= 0.6 is 0 Å². The number of aryl methyl sites for hydroxylation is 2. The van der Waals surface area contributed by atoms with Crippen molar-refractivity contribution in [3.05, 3.63) is 46.0 Å². The van der Waals surface area contributed by atoms with Gasteiger partial charge in [-0.05, 0) is 83.5 Å². The molecular formula is C25H37FN4O2. The highest BCUT2D eigenvalue weighted by Gasteiger charge is 2.40. The van der Waals surface area contributed by atoms with E-state index in [1.807, 2.05) is 38.9 Å². The first-order valence-electron chi connectivity index (χ1n) is 11.4. The lowest BCUT2D eigenvalue weighted by molar-refractivity contribution is -0.124. The molecule has 0 fully saturated rings. The fourth-order valence-electron chi connectivity index (χ4n) is 4.74. The van der Waals surface area contributed by atoms with Crippen LogP contribution in [0.15, 0.2) is 28.5 Å². The molecule has 0 saturated carbocycles. The zero-order valence-corrected chi connectivity index (χ0v) is 20.1. The molecule has 176 valence electrons. The van der Waals surface area contributed by atoms with Crippen molar-refractivity contribution in [1.29, 1.82) is 0 Å². The molecule has 0 spiro atoms. The molecule has 7 heteroatoms. The first kappa shape index (κ1) is 25.7. The van der Waals surface area contributed by atoms with Crippen molar-refractivity contribution in [2.24, 2.45) is 4.99 Å². The molecule has 2 rings (SSSR count). The van der Waals surface area contributed by atoms with Gasteiger partial charge in [-0.2, -0.15) is 0 Å². The highest BCUT2D eigenvalue weighted by molar-refractivity contribution is 5.94. The second kappa shape index (κ2) is 11.4. The molecule has 1 heterocycles. The van der Waals surface area contributed by atoms with Crippen LogP contribution in [0.4, 0.5) is 4.39 Å². The quantitative estimate of drug-likeness (QED) is 0.514. The van der Waals surface area contributed by atoms with Crippen LogP contribution in [-0.4, -0.2) is 57.0 Å². The molecule has 0 bridgehead atoms. The van der Waals surface area contributed by atoms with Gasteiger partial charge in [0, 0.05) is 25.7 Å². The van der Waals surface area contributed by atoms with Gasteiger partial charge < -0.3 is 15.5 Å². The van der Waals surface area contributed by atoms with Crippen LogP contribution in [0.1, 0.15) is 56.2 Å². The van der Waals surface area contributed by atoms with Gasteiger partial charge in [0.25, 0.3) is 5.91 Å². The number of nitrogens with one attached hydrogen (secondary N) is 2. The summed E-state index contributed by atoms with van der Waals surface area (Å²) in [5.41, 5.74) is 1.73. The van der Waals surface area contributed by atoms with Crippen molar-refractivity contribution < 1.29 is 14.0 Å². The number of Topliss-reactive ketones (excluding diaryl/α,β-unsaturated/α-hetero) is 1. The van der Waals surface area contributed by atoms with Crippen LogP contribution in [-0.2, 0) is 21.4 Å². The SMILES string of the molecule is C=NC1=C(C(=O)NCCC(CCNC)(C(C)=O)c2c(F)cc(C)cc2CC)CCCN1C. The Morgan fingerprint density at radius 3 is 2.56 bits per heavy atom. The fraction of sp³-hybridized carbons (Fsp3) is 0.560. The van der Waals surface area contributed by atoms with E-state index in [1.165, 1.54) is 13.0 Å². The maximum Gasteiger partial charge on any atom is 0.250 e. The van der Waals surface area contributed by atoms with Crippen LogP contribution in [0.5, 0.6) is 0 Å². The summed E-state index contributed by atoms with van der Waals surface area (Å²) < 4.78 is 15.3. The number of carbonyl (C=O) groups excluding carboxylic acids is 2. The predicted molar refractivity (Wildman–Crippen MR) is 127 cm³/mol. The van der Waals surface area contributed by atoms with Gasteiger partial charge in [0.15, 0.2) is 0 Å². The zero-order chi connectivity index (χ0) is 23.9. The second-order valence-corrected chi connectivity index (χ2v) is 8.62. The second-order valence-electron chi connectivity index (χ2n) is 8.62. The summed E-state index contributed by atoms with van der Waals surface area (Å²) in [7, 11) is 3.70. The third-order valence-corrected chi connectivity index (χ3v) is 6.46. The molecule has 1 aliphatic heterocycles. The Bertz CT molecular complexity index is 896. The largest absolute Gasteiger partial charge is 0.359 e. The summed E-state index contributed by atoms with van der Waals surface area (Å²) in [6.45, 7) is 10.6. The van der Waals surface area contributed by atoms with Crippen LogP contribution < -0.4 is 10.6 Å². The van der Waals surface area contributed by atoms with E-state index >= 15 is 4.39 Å². The van der Waals surface area contributed by atoms with Crippen LogP contribution in [0, 0.1) is 12.7 Å². The highest BCUT2D eigenvalue weighted by Crippen LogP contribution is 2.38. The summed E-state index contributed by atoms with van der Waals surface area (Å²) in [5.74, 6) is -0.0523. The number of nitrogens with zero attached hydrogens (tertiary/aromatic N) is 2. The van der Waals surface area contributed by atoms with Crippen molar-refractivity contribution >= 4 is 18.4 Å². The number of amides is 1. The van der Waals surface area contributed by atoms with E-state index in [1.54, 1.807) is 0 Å². The molecule has 0 saturated heterocycles. The number of benzene rings is 1. The van der Waals surface area contributed by atoms with Crippen LogP contribution in [0.2, 0.25) is 0 Å². The van der Waals surface area contributed by atoms with Crippen LogP contribution in [0.3, 0.4) is 0 Å². The molecular weight excluding hydrogens is 407 g/mol. The van der Waals surface area contributed by atoms with Gasteiger partial charge >= 0.3 is 0 Å². The standard InChI is InChI=1S/C25H37FN4O2/c1-7-19-15-17(2)16-21(26)22(19)25(18(3)31,10-12-27-4)11-13-29-24(32)20-9-8-14-30(6)23(20)28-5/h15-16,27H,5,7-14H2,1-4,6H3,(H,29,32). The van der Waals surface area contributed by atoms with Gasteiger partial charge in [-0.1, -0.05) is 13.0 Å². The third-order valence-electron chi connectivity index (χ3n) is 6.46. The molecule has 1 aromatic rings. The van der Waals surface area contributed by atoms with E-state index in [2.05, 4.69) is 22.3 Å². The lowest BCUT2D eigenvalue weighted by Crippen LogP contribution is -2.42. The Balaban J connectivity index is 2.36. The molecule has 1 atom stereocenters. The van der Waals surface area contributed by atoms with Crippen molar-refractivity contribution in [2.45, 2.75) is 58.3 Å². The van der Waals surface area contributed by atoms with E-state index in [9.17, 15) is 9.59 Å². The summed E-state index contributed by atoms with van der Waals surface area (Å²) in [4.78, 5) is 31.9. The van der Waals surface area contributed by atoms with Gasteiger partial charge in [-0.3, -0.25) is 9.59 Å². The Hall–Kier alpha value is -2.54. The van der Waals surface area contributed by atoms with Gasteiger partial charge in [0.1, 0.15) is 17.4 Å². The lowest BCUT2D eigenvalue weighted by Gasteiger charge is -2.35. The first-order valence-corrected chi connectivity index (χ1v) is 11.4. The van der Waals surface area contributed by atoms with Crippen molar-refractivity contribution in [1.82, 2.24) is 15.5 Å². The third kappa shape index (κ3) is 5.44. The number of halogens is 1. The Morgan fingerprint density at radius 1 is 1.28 bits per heavy atom. The van der Waals surface area contributed by atoms with Gasteiger partial charge in [0.05, 0.1) is 11.0 Å². The molecule has 2 N–H and O–H groups in total. The van der Waals surface area contributed by atoms with Gasteiger partial charge in [-0.25, -0.2) is 9.38 Å². The number of hydrogen-bond donors (Lipinski definition) is 2. The zero-order valence-electron chi connectivity index (χ0n) is 20.1. The number of hydrogen-bond acceptors (Lipinski definition) is 5. The monoisotopic (exact) mass is 444 g/mol. The minimum atomic E-state index is -1.02. The van der Waals surface area contributed by atoms with Crippen molar-refractivity contribution in [3.63, 3.8) is 0 Å². The lowest BCUT2D eigenvalue weighted by atomic mass is 9.69. The average Bonchev–Trinajstić information content (AvgIpc) is 2.75. The smallest absolute Gasteiger partial charge is 0.250 e. The van der Waals surface area contributed by atoms with Gasteiger partial charge in [0.2, 0.25) is 0 Å². The van der Waals surface area contributed by atoms with Crippen molar-refractivity contribution in [2.75, 3.05) is 33.7 Å². The summed E-state index contributed by atoms with van der Waals surface area (Å²) in [5, 5.41) is 6.05. The molecule has 32 heavy (non-hydrogen) atoms. The number of aliphatic imine (C=N–C) groups is 1. The minimum Gasteiger partial charge on any atom is -0.359 e. The Kier molecular flexibility index (Phi) is 9.13. The summed E-state index contributed by atoms with van der Waals surface area (Å²) >= 11 is 0. The maximum absolute atomic E-state index is 15.3. The fourth-order valence-corrected chi connectivity index (χ4v) is 4.74. The molecule has 1 amide bonds. The average molecular weight is 445 g/mol. The molecule has 6 nitrogen and oxygen atoms in total. The number of rotatable bonds is 11. The summed E-state index contributed by atoms with van der Waals surface area (Å²) in [6.07, 6.45) is 2.90. The first-order chi connectivity index (χ1) is 15.2. The normalized spacial score (nSPS) is 16.0. The van der Waals surface area contributed by atoms with Crippen LogP contribution in [0.25, 0.3) is 0 Å². The van der Waals surface area contributed by atoms with E-state index in [0.29, 0.717) is 49.2 Å². The van der Waals surface area contributed by atoms with E-state index < -0.39 is 5.41 Å². The molecule has 0 aliphatic carbocycles. The Labute approximate surface area is 191 Å². The molecule has 0 aromatic heterocycles. The highest BCUT2D eigenvalue weighted by atomic mass is 19.1. The van der Waals surface area contributed by atoms with E-state index in [4.69, 9.17) is 0 Å². The number of ketones is 1. The van der Waals surface area contributed by atoms with E-state index in [-0.39, 0.29) is 24.1 Å². The molecule has 1 aliphatic rings. The molecule has 1 aromatic carbocycles. The predicted octanol–water partition coefficient (Wildman–Crippen LogP) is 3.28. The maximum atomic E-state index is 15.3. The van der Waals surface area contributed by atoms with Gasteiger partial charge in [-0.15, -0.1) is 0 Å². The van der Waals surface area contributed by atoms with E-state index in [0.717, 1.165) is 24.1 Å². The van der Waals surface area contributed by atoms with Crippen molar-refractivity contribution in [3.8, 4) is 0 Å². The number of carbonyl (C=O) groups is 2. The Morgan fingerprint density at radius 2 is 1.97 bits per heavy atom.